The summed E-state index contributed by atoms with van der Waals surface area (Å²) in [5, 5.41) is 10.8. The molecule has 1 aliphatic heterocycles. The van der Waals surface area contributed by atoms with Crippen LogP contribution in [0.15, 0.2) is 12.2 Å². The van der Waals surface area contributed by atoms with E-state index >= 15 is 0 Å². The van der Waals surface area contributed by atoms with Crippen molar-refractivity contribution in [3.8, 4) is 0 Å². The molecule has 0 bridgehead atoms. The Morgan fingerprint density at radius 2 is 2.06 bits per heavy atom. The summed E-state index contributed by atoms with van der Waals surface area (Å²) < 4.78 is 5.11. The molecule has 1 rings (SSSR count). The Hall–Kier alpha value is -1.52. The van der Waals surface area contributed by atoms with Crippen molar-refractivity contribution in [3.63, 3.8) is 0 Å². The van der Waals surface area contributed by atoms with Gasteiger partial charge < -0.3 is 14.6 Å². The third-order valence-corrected chi connectivity index (χ3v) is 2.15. The predicted molar refractivity (Wildman–Crippen MR) is 55.5 cm³/mol. The van der Waals surface area contributed by atoms with Gasteiger partial charge in [-0.1, -0.05) is 12.2 Å². The van der Waals surface area contributed by atoms with Crippen molar-refractivity contribution in [2.75, 3.05) is 6.54 Å². The first kappa shape index (κ1) is 12.5. The molecule has 1 fully saturated rings. The van der Waals surface area contributed by atoms with E-state index in [-0.39, 0.29) is 13.0 Å². The Morgan fingerprint density at radius 1 is 1.50 bits per heavy atom. The molecule has 0 aromatic rings. The predicted octanol–water partition coefficient (Wildman–Crippen LogP) is 0.302. The SMILES string of the molecule is C=C1C[C@@H](C(=O)[O-])N(C(=O)OC(C)(C)C)C1. The van der Waals surface area contributed by atoms with E-state index in [9.17, 15) is 14.7 Å². The Bertz CT molecular complexity index is 329. The summed E-state index contributed by atoms with van der Waals surface area (Å²) in [7, 11) is 0. The van der Waals surface area contributed by atoms with Gasteiger partial charge in [-0.15, -0.1) is 0 Å². The molecule has 1 heterocycles. The van der Waals surface area contributed by atoms with Gasteiger partial charge in [-0.3, -0.25) is 4.90 Å². The molecule has 0 N–H and O–H groups in total. The lowest BCUT2D eigenvalue weighted by atomic mass is 10.2. The zero-order chi connectivity index (χ0) is 12.5. The maximum Gasteiger partial charge on any atom is 0.411 e. The number of likely N-dealkylation sites (tertiary alicyclic amines) is 1. The zero-order valence-electron chi connectivity index (χ0n) is 9.78. The summed E-state index contributed by atoms with van der Waals surface area (Å²) in [6.07, 6.45) is -0.401. The number of rotatable bonds is 1. The third-order valence-electron chi connectivity index (χ3n) is 2.15. The standard InChI is InChI=1S/C11H17NO4/c1-7-5-8(9(13)14)12(6-7)10(15)16-11(2,3)4/h8H,1,5-6H2,2-4H3,(H,13,14)/p-1/t8-/m0/s1. The van der Waals surface area contributed by atoms with Gasteiger partial charge in [-0.05, 0) is 27.2 Å². The summed E-state index contributed by atoms with van der Waals surface area (Å²) in [4.78, 5) is 23.7. The number of amides is 1. The van der Waals surface area contributed by atoms with Crippen molar-refractivity contribution in [2.45, 2.75) is 38.8 Å². The average Bonchev–Trinajstić information content (AvgIpc) is 2.44. The number of carbonyl (C=O) groups is 2. The fourth-order valence-corrected chi connectivity index (χ4v) is 1.52. The number of carboxylic acids is 1. The molecular weight excluding hydrogens is 210 g/mol. The van der Waals surface area contributed by atoms with E-state index in [1.54, 1.807) is 20.8 Å². The second kappa shape index (κ2) is 4.15. The van der Waals surface area contributed by atoms with E-state index in [0.717, 1.165) is 4.90 Å². The average molecular weight is 226 g/mol. The van der Waals surface area contributed by atoms with Crippen LogP contribution in [0.1, 0.15) is 27.2 Å². The number of aliphatic carboxylic acids is 1. The van der Waals surface area contributed by atoms with Crippen LogP contribution in [0, 0.1) is 0 Å². The van der Waals surface area contributed by atoms with Gasteiger partial charge in [0.2, 0.25) is 0 Å². The number of hydrogen-bond acceptors (Lipinski definition) is 4. The molecule has 5 nitrogen and oxygen atoms in total. The van der Waals surface area contributed by atoms with Crippen molar-refractivity contribution < 1.29 is 19.4 Å². The van der Waals surface area contributed by atoms with E-state index < -0.39 is 23.7 Å². The summed E-state index contributed by atoms with van der Waals surface area (Å²) in [5.74, 6) is -1.27. The molecule has 16 heavy (non-hydrogen) atoms. The van der Waals surface area contributed by atoms with Crippen molar-refractivity contribution >= 4 is 12.1 Å². The third kappa shape index (κ3) is 2.98. The van der Waals surface area contributed by atoms with Crippen LogP contribution in [0.4, 0.5) is 4.79 Å². The monoisotopic (exact) mass is 226 g/mol. The molecule has 1 aliphatic rings. The number of hydrogen-bond donors (Lipinski definition) is 0. The van der Waals surface area contributed by atoms with E-state index in [0.29, 0.717) is 5.57 Å². The molecule has 0 saturated carbocycles. The molecule has 0 spiro atoms. The fraction of sp³-hybridized carbons (Fsp3) is 0.636. The van der Waals surface area contributed by atoms with Gasteiger partial charge in [0.15, 0.2) is 0 Å². The lowest BCUT2D eigenvalue weighted by Crippen LogP contribution is -2.48. The lowest BCUT2D eigenvalue weighted by molar-refractivity contribution is -0.310. The van der Waals surface area contributed by atoms with Gasteiger partial charge in [-0.2, -0.15) is 0 Å². The van der Waals surface area contributed by atoms with Crippen molar-refractivity contribution in [3.05, 3.63) is 12.2 Å². The number of carbonyl (C=O) groups excluding carboxylic acids is 2. The highest BCUT2D eigenvalue weighted by atomic mass is 16.6. The smallest absolute Gasteiger partial charge is 0.411 e. The molecule has 0 unspecified atom stereocenters. The number of nitrogens with zero attached hydrogens (tertiary/aromatic N) is 1. The molecule has 90 valence electrons. The number of carboxylic acid groups (broad SMARTS) is 1. The van der Waals surface area contributed by atoms with Crippen LogP contribution in [0.3, 0.4) is 0 Å². The van der Waals surface area contributed by atoms with E-state index in [2.05, 4.69) is 6.58 Å². The molecule has 0 aromatic carbocycles. The molecule has 0 aromatic heterocycles. The molecule has 0 radical (unpaired) electrons. The van der Waals surface area contributed by atoms with Gasteiger partial charge in [0.05, 0.1) is 12.0 Å². The summed E-state index contributed by atoms with van der Waals surface area (Å²) in [6, 6.07) is -0.956. The topological polar surface area (TPSA) is 69.7 Å². The highest BCUT2D eigenvalue weighted by Gasteiger charge is 2.34. The van der Waals surface area contributed by atoms with Crippen LogP contribution in [0.25, 0.3) is 0 Å². The second-order valence-electron chi connectivity index (χ2n) is 4.90. The Morgan fingerprint density at radius 3 is 2.50 bits per heavy atom. The van der Waals surface area contributed by atoms with Gasteiger partial charge in [0, 0.05) is 6.54 Å². The van der Waals surface area contributed by atoms with E-state index in [1.807, 2.05) is 0 Å². The Kier molecular flexibility index (Phi) is 3.26. The molecule has 1 amide bonds. The van der Waals surface area contributed by atoms with Crippen molar-refractivity contribution in [1.29, 1.82) is 0 Å². The van der Waals surface area contributed by atoms with Crippen LogP contribution < -0.4 is 5.11 Å². The van der Waals surface area contributed by atoms with Crippen LogP contribution >= 0.6 is 0 Å². The Labute approximate surface area is 94.7 Å². The highest BCUT2D eigenvalue weighted by Crippen LogP contribution is 2.23. The minimum atomic E-state index is -1.27. The van der Waals surface area contributed by atoms with Crippen LogP contribution in [-0.2, 0) is 9.53 Å². The van der Waals surface area contributed by atoms with Gasteiger partial charge in [0.25, 0.3) is 0 Å². The quantitative estimate of drug-likeness (QED) is 0.603. The summed E-state index contributed by atoms with van der Waals surface area (Å²) >= 11 is 0. The maximum atomic E-state index is 11.7. The Balaban J connectivity index is 2.75. The fourth-order valence-electron chi connectivity index (χ4n) is 1.52. The molecule has 0 aliphatic carbocycles. The van der Waals surface area contributed by atoms with Gasteiger partial charge >= 0.3 is 6.09 Å². The first-order valence-corrected chi connectivity index (χ1v) is 5.08. The minimum Gasteiger partial charge on any atom is -0.548 e. The lowest BCUT2D eigenvalue weighted by Gasteiger charge is -2.28. The summed E-state index contributed by atoms with van der Waals surface area (Å²) in [5.41, 5.74) is 0.0531. The van der Waals surface area contributed by atoms with Crippen LogP contribution in [0.5, 0.6) is 0 Å². The summed E-state index contributed by atoms with van der Waals surface area (Å²) in [6.45, 7) is 9.07. The molecular formula is C11H16NO4-. The second-order valence-corrected chi connectivity index (χ2v) is 4.90. The zero-order valence-corrected chi connectivity index (χ0v) is 9.78. The van der Waals surface area contributed by atoms with Crippen molar-refractivity contribution in [2.24, 2.45) is 0 Å². The van der Waals surface area contributed by atoms with Gasteiger partial charge in [-0.25, -0.2) is 4.79 Å². The van der Waals surface area contributed by atoms with E-state index in [4.69, 9.17) is 4.74 Å². The molecule has 1 atom stereocenters. The van der Waals surface area contributed by atoms with E-state index in [1.165, 1.54) is 0 Å². The number of ether oxygens (including phenoxy) is 1. The molecule has 1 saturated heterocycles. The largest absolute Gasteiger partial charge is 0.548 e. The normalized spacial score (nSPS) is 21.1. The van der Waals surface area contributed by atoms with Crippen molar-refractivity contribution in [1.82, 2.24) is 4.90 Å². The highest BCUT2D eigenvalue weighted by molar-refractivity contribution is 5.80. The van der Waals surface area contributed by atoms with Crippen LogP contribution in [0.2, 0.25) is 0 Å². The van der Waals surface area contributed by atoms with Crippen LogP contribution in [-0.4, -0.2) is 35.2 Å². The molecule has 5 heteroatoms. The first-order valence-electron chi connectivity index (χ1n) is 5.08. The maximum absolute atomic E-state index is 11.7. The first-order chi connectivity index (χ1) is 7.20. The van der Waals surface area contributed by atoms with Gasteiger partial charge in [0.1, 0.15) is 5.60 Å². The minimum absolute atomic E-state index is 0.216.